The Morgan fingerprint density at radius 1 is 1.07 bits per heavy atom. The van der Waals surface area contributed by atoms with Crippen LogP contribution in [0.25, 0.3) is 16.7 Å². The van der Waals surface area contributed by atoms with Crippen LogP contribution in [0, 0.1) is 0 Å². The molecule has 0 fully saturated rings. The molecule has 2 heterocycles. The van der Waals surface area contributed by atoms with Crippen LogP contribution in [0.3, 0.4) is 0 Å². The van der Waals surface area contributed by atoms with Gasteiger partial charge in [-0.15, -0.1) is 5.10 Å². The Morgan fingerprint density at radius 3 is 2.59 bits per heavy atom. The van der Waals surface area contributed by atoms with Crippen molar-refractivity contribution >= 4 is 34.2 Å². The van der Waals surface area contributed by atoms with E-state index in [-0.39, 0.29) is 11.9 Å². The minimum Gasteiger partial charge on any atom is -0.323 e. The highest BCUT2D eigenvalue weighted by Gasteiger charge is 2.15. The van der Waals surface area contributed by atoms with Gasteiger partial charge in [0.15, 0.2) is 5.65 Å². The smallest absolute Gasteiger partial charge is 0.281 e. The molecule has 4 aromatic rings. The average molecular weight is 381 g/mol. The number of benzene rings is 2. The van der Waals surface area contributed by atoms with Crippen LogP contribution >= 0.6 is 11.6 Å². The van der Waals surface area contributed by atoms with Crippen LogP contribution in [0.15, 0.2) is 65.6 Å². The van der Waals surface area contributed by atoms with E-state index in [1.165, 1.54) is 10.9 Å². The predicted octanol–water partition coefficient (Wildman–Crippen LogP) is 2.27. The Bertz CT molecular complexity index is 1190. The Hall–Kier alpha value is -3.52. The van der Waals surface area contributed by atoms with Crippen molar-refractivity contribution in [3.63, 3.8) is 0 Å². The van der Waals surface area contributed by atoms with Gasteiger partial charge in [-0.25, -0.2) is 9.36 Å². The lowest BCUT2D eigenvalue weighted by Crippen LogP contribution is -2.30. The zero-order valence-electron chi connectivity index (χ0n) is 13.9. The minimum atomic E-state index is -0.448. The van der Waals surface area contributed by atoms with E-state index in [1.807, 2.05) is 30.3 Å². The fraction of sp³-hybridized carbons (Fsp3) is 0.0556. The molecule has 1 amide bonds. The predicted molar refractivity (Wildman–Crippen MR) is 101 cm³/mol. The number of para-hydroxylation sites is 2. The number of amides is 1. The summed E-state index contributed by atoms with van der Waals surface area (Å²) in [6.07, 6.45) is 1.42. The number of carbonyl (C=O) groups excluding carboxylic acids is 1. The van der Waals surface area contributed by atoms with Gasteiger partial charge in [-0.1, -0.05) is 47.1 Å². The molecule has 0 aliphatic rings. The molecule has 4 rings (SSSR count). The number of rotatable bonds is 4. The van der Waals surface area contributed by atoms with Crippen molar-refractivity contribution in [1.82, 2.24) is 24.8 Å². The van der Waals surface area contributed by atoms with E-state index in [1.54, 1.807) is 24.3 Å². The lowest BCUT2D eigenvalue weighted by atomic mass is 10.3. The quantitative estimate of drug-likeness (QED) is 0.586. The maximum Gasteiger partial charge on any atom is 0.281 e. The number of anilines is 1. The molecular formula is C18H13ClN6O2. The van der Waals surface area contributed by atoms with Gasteiger partial charge in [-0.05, 0) is 24.3 Å². The molecule has 0 atom stereocenters. The number of nitrogens with one attached hydrogen (secondary N) is 1. The molecule has 8 nitrogen and oxygen atoms in total. The molecule has 0 radical (unpaired) electrons. The first-order chi connectivity index (χ1) is 13.1. The molecule has 0 saturated carbocycles. The lowest BCUT2D eigenvalue weighted by molar-refractivity contribution is -0.117. The summed E-state index contributed by atoms with van der Waals surface area (Å²) < 4.78 is 2.52. The summed E-state index contributed by atoms with van der Waals surface area (Å²) in [6.45, 7) is -0.288. The van der Waals surface area contributed by atoms with Gasteiger partial charge < -0.3 is 5.32 Å². The van der Waals surface area contributed by atoms with Gasteiger partial charge >= 0.3 is 0 Å². The maximum atomic E-state index is 12.6. The number of hydrogen-bond donors (Lipinski definition) is 1. The number of hydrogen-bond acceptors (Lipinski definition) is 5. The summed E-state index contributed by atoms with van der Waals surface area (Å²) in [5.41, 5.74) is 1.10. The first kappa shape index (κ1) is 16.9. The fourth-order valence-electron chi connectivity index (χ4n) is 2.61. The third kappa shape index (κ3) is 3.30. The van der Waals surface area contributed by atoms with Gasteiger partial charge in [0, 0.05) is 0 Å². The third-order valence-corrected chi connectivity index (χ3v) is 4.23. The molecule has 0 spiro atoms. The Kier molecular flexibility index (Phi) is 4.39. The van der Waals surface area contributed by atoms with E-state index in [0.717, 1.165) is 10.4 Å². The summed E-state index contributed by atoms with van der Waals surface area (Å²) in [5.74, 6) is -0.436. The molecule has 27 heavy (non-hydrogen) atoms. The van der Waals surface area contributed by atoms with E-state index in [2.05, 4.69) is 20.7 Å². The van der Waals surface area contributed by atoms with Crippen LogP contribution in [0.4, 0.5) is 5.69 Å². The molecule has 2 aromatic heterocycles. The van der Waals surface area contributed by atoms with E-state index < -0.39 is 11.5 Å². The second-order valence-electron chi connectivity index (χ2n) is 5.71. The average Bonchev–Trinajstić information content (AvgIpc) is 3.11. The van der Waals surface area contributed by atoms with Crippen molar-refractivity contribution in [2.45, 2.75) is 6.54 Å². The van der Waals surface area contributed by atoms with Crippen molar-refractivity contribution in [2.75, 3.05) is 5.32 Å². The van der Waals surface area contributed by atoms with Gasteiger partial charge in [0.1, 0.15) is 11.9 Å². The van der Waals surface area contributed by atoms with Crippen LogP contribution in [0.5, 0.6) is 0 Å². The van der Waals surface area contributed by atoms with Gasteiger partial charge in [0.05, 0.1) is 22.6 Å². The molecule has 134 valence electrons. The second kappa shape index (κ2) is 7.00. The second-order valence-corrected chi connectivity index (χ2v) is 6.12. The van der Waals surface area contributed by atoms with Crippen LogP contribution in [-0.4, -0.2) is 30.7 Å². The van der Waals surface area contributed by atoms with Gasteiger partial charge in [-0.2, -0.15) is 5.10 Å². The summed E-state index contributed by atoms with van der Waals surface area (Å²) in [6, 6.07) is 16.1. The standard InChI is InChI=1S/C18H13ClN6O2/c19-14-8-4-5-9-15(14)21-16(26)11-24-18(27)13-10-20-25(17(13)22-23-24)12-6-2-1-3-7-12/h1-10H,11H2,(H,21,26). The normalized spacial score (nSPS) is 10.9. The Labute approximate surface area is 158 Å². The van der Waals surface area contributed by atoms with Crippen molar-refractivity contribution in [2.24, 2.45) is 0 Å². The molecule has 0 saturated heterocycles. The van der Waals surface area contributed by atoms with E-state index in [4.69, 9.17) is 11.6 Å². The summed E-state index contributed by atoms with van der Waals surface area (Å²) in [7, 11) is 0. The molecule has 0 bridgehead atoms. The number of nitrogens with zero attached hydrogens (tertiary/aromatic N) is 5. The molecular weight excluding hydrogens is 368 g/mol. The third-order valence-electron chi connectivity index (χ3n) is 3.90. The molecule has 0 aliphatic carbocycles. The summed E-state index contributed by atoms with van der Waals surface area (Å²) in [5, 5.41) is 15.5. The number of carbonyl (C=O) groups is 1. The Morgan fingerprint density at radius 2 is 1.81 bits per heavy atom. The highest BCUT2D eigenvalue weighted by Crippen LogP contribution is 2.20. The molecule has 1 N–H and O–H groups in total. The fourth-order valence-corrected chi connectivity index (χ4v) is 2.80. The van der Waals surface area contributed by atoms with Gasteiger partial charge in [0.2, 0.25) is 5.91 Å². The SMILES string of the molecule is O=C(Cn1nnc2c(cnn2-c2ccccc2)c1=O)Nc1ccccc1Cl. The van der Waals surface area contributed by atoms with Crippen LogP contribution < -0.4 is 10.9 Å². The first-order valence-electron chi connectivity index (χ1n) is 8.05. The number of halogens is 1. The summed E-state index contributed by atoms with van der Waals surface area (Å²) in [4.78, 5) is 24.9. The van der Waals surface area contributed by atoms with Crippen LogP contribution in [-0.2, 0) is 11.3 Å². The van der Waals surface area contributed by atoms with Crippen molar-refractivity contribution in [3.05, 3.63) is 76.2 Å². The maximum absolute atomic E-state index is 12.6. The topological polar surface area (TPSA) is 94.7 Å². The largest absolute Gasteiger partial charge is 0.323 e. The zero-order chi connectivity index (χ0) is 18.8. The monoisotopic (exact) mass is 380 g/mol. The molecule has 9 heteroatoms. The first-order valence-corrected chi connectivity index (χ1v) is 8.42. The van der Waals surface area contributed by atoms with Gasteiger partial charge in [-0.3, -0.25) is 9.59 Å². The highest BCUT2D eigenvalue weighted by atomic mass is 35.5. The van der Waals surface area contributed by atoms with Crippen molar-refractivity contribution in [3.8, 4) is 5.69 Å². The molecule has 2 aromatic carbocycles. The molecule has 0 unspecified atom stereocenters. The van der Waals surface area contributed by atoms with Crippen LogP contribution in [0.2, 0.25) is 5.02 Å². The van der Waals surface area contributed by atoms with Crippen LogP contribution in [0.1, 0.15) is 0 Å². The minimum absolute atomic E-state index is 0.277. The van der Waals surface area contributed by atoms with E-state index >= 15 is 0 Å². The zero-order valence-corrected chi connectivity index (χ0v) is 14.7. The van der Waals surface area contributed by atoms with Crippen molar-refractivity contribution in [1.29, 1.82) is 0 Å². The van der Waals surface area contributed by atoms with Gasteiger partial charge in [0.25, 0.3) is 5.56 Å². The lowest BCUT2D eigenvalue weighted by Gasteiger charge is -2.07. The van der Waals surface area contributed by atoms with E-state index in [0.29, 0.717) is 16.4 Å². The van der Waals surface area contributed by atoms with Crippen molar-refractivity contribution < 1.29 is 4.79 Å². The highest BCUT2D eigenvalue weighted by molar-refractivity contribution is 6.33. The number of fused-ring (bicyclic) bond motifs is 1. The molecule has 0 aliphatic heterocycles. The Balaban J connectivity index is 1.62. The van der Waals surface area contributed by atoms with E-state index in [9.17, 15) is 9.59 Å². The number of aromatic nitrogens is 5. The summed E-state index contributed by atoms with van der Waals surface area (Å²) >= 11 is 6.02.